The molecule has 0 spiro atoms. The van der Waals surface area contributed by atoms with Gasteiger partial charge in [-0.1, -0.05) is 5.92 Å². The maximum absolute atomic E-state index is 12.0. The third-order valence-corrected chi connectivity index (χ3v) is 3.38. The number of carbonyl (C=O) groups is 2. The molecule has 0 aliphatic carbocycles. The smallest absolute Gasteiger partial charge is 0.323 e. The van der Waals surface area contributed by atoms with Gasteiger partial charge in [-0.05, 0) is 13.8 Å². The molecule has 2 N–H and O–H groups in total. The monoisotopic (exact) mass is 281 g/mol. The molecule has 1 heterocycles. The lowest BCUT2D eigenvalue weighted by molar-refractivity contribution is -0.137. The Morgan fingerprint density at radius 3 is 2.79 bits per heavy atom. The molecule has 0 bridgehead atoms. The van der Waals surface area contributed by atoms with Gasteiger partial charge in [0, 0.05) is 11.6 Å². The topological polar surface area (TPSA) is 82.5 Å². The summed E-state index contributed by atoms with van der Waals surface area (Å²) in [5.74, 6) is 1.15. The zero-order valence-corrected chi connectivity index (χ0v) is 11.5. The summed E-state index contributed by atoms with van der Waals surface area (Å²) < 4.78 is 0. The minimum atomic E-state index is -1.11. The number of urea groups is 1. The summed E-state index contributed by atoms with van der Waals surface area (Å²) in [5, 5.41) is 14.0. The second-order valence-corrected chi connectivity index (χ2v) is 5.24. The Morgan fingerprint density at radius 1 is 1.63 bits per heavy atom. The standard InChI is InChI=1S/C12H15N3O3S/c1-4-6-15(8-9(16)17)11(18)14-12(2,3)10-13-5-7-19-10/h1,5,7H,6,8H2,2-3H3,(H,14,18)(H,16,17). The second kappa shape index (κ2) is 6.20. The fourth-order valence-corrected chi connectivity index (χ4v) is 2.12. The maximum atomic E-state index is 12.0. The van der Waals surface area contributed by atoms with Crippen LogP contribution >= 0.6 is 11.3 Å². The first-order valence-corrected chi connectivity index (χ1v) is 6.37. The van der Waals surface area contributed by atoms with Crippen LogP contribution in [0, 0.1) is 12.3 Å². The average Bonchev–Trinajstić information content (AvgIpc) is 2.81. The number of thiazole rings is 1. The van der Waals surface area contributed by atoms with Gasteiger partial charge in [0.2, 0.25) is 0 Å². The van der Waals surface area contributed by atoms with Gasteiger partial charge in [-0.15, -0.1) is 17.8 Å². The van der Waals surface area contributed by atoms with E-state index in [0.717, 1.165) is 9.91 Å². The quantitative estimate of drug-likeness (QED) is 0.792. The number of hydrogen-bond acceptors (Lipinski definition) is 4. The molecular formula is C12H15N3O3S. The van der Waals surface area contributed by atoms with Gasteiger partial charge in [-0.2, -0.15) is 0 Å². The number of carbonyl (C=O) groups excluding carboxylic acids is 1. The molecule has 0 atom stereocenters. The van der Waals surface area contributed by atoms with E-state index in [-0.39, 0.29) is 6.54 Å². The predicted molar refractivity (Wildman–Crippen MR) is 71.7 cm³/mol. The first-order valence-electron chi connectivity index (χ1n) is 5.49. The molecule has 19 heavy (non-hydrogen) atoms. The van der Waals surface area contributed by atoms with Crippen molar-refractivity contribution in [3.63, 3.8) is 0 Å². The SMILES string of the molecule is C#CCN(CC(=O)O)C(=O)NC(C)(C)c1nccs1. The molecule has 0 aliphatic rings. The highest BCUT2D eigenvalue weighted by atomic mass is 32.1. The Hall–Kier alpha value is -2.07. The summed E-state index contributed by atoms with van der Waals surface area (Å²) in [6.07, 6.45) is 6.77. The van der Waals surface area contributed by atoms with Gasteiger partial charge < -0.3 is 15.3 Å². The van der Waals surface area contributed by atoms with Crippen LogP contribution in [0.3, 0.4) is 0 Å². The van der Waals surface area contributed by atoms with Crippen molar-refractivity contribution in [2.45, 2.75) is 19.4 Å². The van der Waals surface area contributed by atoms with Crippen molar-refractivity contribution in [2.75, 3.05) is 13.1 Å². The molecule has 0 aromatic carbocycles. The van der Waals surface area contributed by atoms with Gasteiger partial charge in [-0.25, -0.2) is 9.78 Å². The molecule has 1 aromatic rings. The number of nitrogens with zero attached hydrogens (tertiary/aromatic N) is 2. The molecule has 0 saturated heterocycles. The van der Waals surface area contributed by atoms with E-state index in [1.165, 1.54) is 11.3 Å². The molecule has 0 saturated carbocycles. The lowest BCUT2D eigenvalue weighted by atomic mass is 10.1. The number of terminal acetylenes is 1. The Bertz CT molecular complexity index is 491. The lowest BCUT2D eigenvalue weighted by Gasteiger charge is -2.28. The van der Waals surface area contributed by atoms with Crippen LogP contribution in [0.2, 0.25) is 0 Å². The predicted octanol–water partition coefficient (Wildman–Crippen LogP) is 1.11. The lowest BCUT2D eigenvalue weighted by Crippen LogP contribution is -2.49. The minimum Gasteiger partial charge on any atom is -0.480 e. The number of nitrogens with one attached hydrogen (secondary N) is 1. The van der Waals surface area contributed by atoms with Crippen LogP contribution in [-0.4, -0.2) is 40.1 Å². The van der Waals surface area contributed by atoms with Crippen LogP contribution in [0.15, 0.2) is 11.6 Å². The molecule has 0 unspecified atom stereocenters. The van der Waals surface area contributed by atoms with E-state index in [2.05, 4.69) is 16.2 Å². The van der Waals surface area contributed by atoms with Gasteiger partial charge in [0.05, 0.1) is 12.1 Å². The highest BCUT2D eigenvalue weighted by molar-refractivity contribution is 7.09. The van der Waals surface area contributed by atoms with Crippen molar-refractivity contribution in [1.29, 1.82) is 0 Å². The summed E-state index contributed by atoms with van der Waals surface area (Å²) in [6, 6.07) is -0.527. The molecule has 1 aromatic heterocycles. The maximum Gasteiger partial charge on any atom is 0.323 e. The number of aliphatic carboxylic acids is 1. The van der Waals surface area contributed by atoms with Crippen LogP contribution in [0.4, 0.5) is 4.79 Å². The van der Waals surface area contributed by atoms with Gasteiger partial charge >= 0.3 is 12.0 Å². The summed E-state index contributed by atoms with van der Waals surface area (Å²) in [4.78, 5) is 27.9. The number of aromatic nitrogens is 1. The molecule has 102 valence electrons. The van der Waals surface area contributed by atoms with Crippen LogP contribution in [0.25, 0.3) is 0 Å². The van der Waals surface area contributed by atoms with E-state index in [1.54, 1.807) is 25.4 Å². The summed E-state index contributed by atoms with van der Waals surface area (Å²) in [6.45, 7) is 3.08. The average molecular weight is 281 g/mol. The van der Waals surface area contributed by atoms with E-state index >= 15 is 0 Å². The third-order valence-electron chi connectivity index (χ3n) is 2.28. The normalized spacial score (nSPS) is 10.6. The first kappa shape index (κ1) is 15.0. The van der Waals surface area contributed by atoms with Crippen molar-refractivity contribution in [3.8, 4) is 12.3 Å². The molecule has 0 fully saturated rings. The molecule has 7 heteroatoms. The zero-order chi connectivity index (χ0) is 14.5. The van der Waals surface area contributed by atoms with E-state index in [0.29, 0.717) is 0 Å². The fraction of sp³-hybridized carbons (Fsp3) is 0.417. The number of carboxylic acids is 1. The third kappa shape index (κ3) is 4.26. The minimum absolute atomic E-state index is 0.0634. The Labute approximate surface area is 115 Å². The highest BCUT2D eigenvalue weighted by Gasteiger charge is 2.28. The van der Waals surface area contributed by atoms with Gasteiger partial charge in [0.1, 0.15) is 11.6 Å². The Kier molecular flexibility index (Phi) is 4.89. The number of rotatable bonds is 5. The number of carboxylic acid groups (broad SMARTS) is 1. The van der Waals surface area contributed by atoms with Gasteiger partial charge in [0.25, 0.3) is 0 Å². The van der Waals surface area contributed by atoms with Crippen LogP contribution < -0.4 is 5.32 Å². The van der Waals surface area contributed by atoms with E-state index in [9.17, 15) is 9.59 Å². The van der Waals surface area contributed by atoms with Crippen molar-refractivity contribution < 1.29 is 14.7 Å². The van der Waals surface area contributed by atoms with Gasteiger partial charge in [-0.3, -0.25) is 4.79 Å². The summed E-state index contributed by atoms with van der Waals surface area (Å²) in [7, 11) is 0. The van der Waals surface area contributed by atoms with Crippen molar-refractivity contribution in [2.24, 2.45) is 0 Å². The van der Waals surface area contributed by atoms with Crippen LogP contribution in [0.1, 0.15) is 18.9 Å². The van der Waals surface area contributed by atoms with Crippen molar-refractivity contribution >= 4 is 23.3 Å². The second-order valence-electron chi connectivity index (χ2n) is 4.35. The largest absolute Gasteiger partial charge is 0.480 e. The van der Waals surface area contributed by atoms with Gasteiger partial charge in [0.15, 0.2) is 0 Å². The molecule has 2 amide bonds. The van der Waals surface area contributed by atoms with Crippen molar-refractivity contribution in [1.82, 2.24) is 15.2 Å². The molecule has 0 aliphatic heterocycles. The van der Waals surface area contributed by atoms with Crippen LogP contribution in [-0.2, 0) is 10.3 Å². The fourth-order valence-electron chi connectivity index (χ4n) is 1.40. The number of hydrogen-bond donors (Lipinski definition) is 2. The molecule has 6 nitrogen and oxygen atoms in total. The zero-order valence-electron chi connectivity index (χ0n) is 10.7. The van der Waals surface area contributed by atoms with E-state index < -0.39 is 24.1 Å². The van der Waals surface area contributed by atoms with Crippen molar-refractivity contribution in [3.05, 3.63) is 16.6 Å². The Balaban J connectivity index is 2.76. The molecular weight excluding hydrogens is 266 g/mol. The Morgan fingerprint density at radius 2 is 2.32 bits per heavy atom. The molecule has 1 rings (SSSR count). The summed E-state index contributed by atoms with van der Waals surface area (Å²) >= 11 is 1.41. The number of amides is 2. The van der Waals surface area contributed by atoms with Crippen LogP contribution in [0.5, 0.6) is 0 Å². The highest BCUT2D eigenvalue weighted by Crippen LogP contribution is 2.22. The summed E-state index contributed by atoms with van der Waals surface area (Å²) in [5.41, 5.74) is -0.684. The first-order chi connectivity index (χ1) is 8.86. The van der Waals surface area contributed by atoms with E-state index in [1.807, 2.05) is 0 Å². The van der Waals surface area contributed by atoms with E-state index in [4.69, 9.17) is 11.5 Å². The molecule has 0 radical (unpaired) electrons.